The molecule has 0 aliphatic rings. The molecular weight excluding hydrogens is 208 g/mol. The molecule has 5 nitrogen and oxygen atoms in total. The maximum absolute atomic E-state index is 11.7. The van der Waals surface area contributed by atoms with Crippen molar-refractivity contribution in [2.24, 2.45) is 0 Å². The number of aromatic nitrogens is 1. The summed E-state index contributed by atoms with van der Waals surface area (Å²) in [5.74, 6) is 0.268. The van der Waals surface area contributed by atoms with Crippen molar-refractivity contribution >= 4 is 11.6 Å². The molecule has 0 aliphatic carbocycles. The molecule has 0 bridgehead atoms. The molecule has 0 spiro atoms. The summed E-state index contributed by atoms with van der Waals surface area (Å²) in [6.45, 7) is 0. The van der Waals surface area contributed by atoms with Crippen LogP contribution in [0.1, 0.15) is 10.6 Å². The summed E-state index contributed by atoms with van der Waals surface area (Å²) in [4.78, 5) is 15.6. The number of ether oxygens (including phenoxy) is 1. The molecule has 2 heterocycles. The van der Waals surface area contributed by atoms with Gasteiger partial charge in [0, 0.05) is 6.20 Å². The Morgan fingerprint density at radius 3 is 3.00 bits per heavy atom. The summed E-state index contributed by atoms with van der Waals surface area (Å²) in [7, 11) is 1.49. The van der Waals surface area contributed by atoms with Gasteiger partial charge in [-0.3, -0.25) is 4.79 Å². The summed E-state index contributed by atoms with van der Waals surface area (Å²) >= 11 is 0. The maximum Gasteiger partial charge on any atom is 0.291 e. The van der Waals surface area contributed by atoms with Crippen molar-refractivity contribution in [2.45, 2.75) is 0 Å². The number of methoxy groups -OCH3 is 1. The van der Waals surface area contributed by atoms with E-state index in [9.17, 15) is 4.79 Å². The van der Waals surface area contributed by atoms with Gasteiger partial charge in [0.15, 0.2) is 5.76 Å². The molecule has 0 aromatic carbocycles. The van der Waals surface area contributed by atoms with Gasteiger partial charge in [0.25, 0.3) is 5.91 Å². The standard InChI is InChI=1S/C11H10N2O3/c1-15-11-8(4-2-6-12-11)13-10(14)9-5-3-7-16-9/h2-7H,1H3,(H,13,14). The highest BCUT2D eigenvalue weighted by atomic mass is 16.5. The van der Waals surface area contributed by atoms with Crippen molar-refractivity contribution in [3.63, 3.8) is 0 Å². The van der Waals surface area contributed by atoms with E-state index < -0.39 is 0 Å². The molecule has 1 N–H and O–H groups in total. The lowest BCUT2D eigenvalue weighted by molar-refractivity contribution is 0.0996. The van der Waals surface area contributed by atoms with Crippen molar-refractivity contribution in [3.8, 4) is 5.88 Å². The summed E-state index contributed by atoms with van der Waals surface area (Å²) in [5.41, 5.74) is 0.506. The van der Waals surface area contributed by atoms with Crippen LogP contribution in [0.3, 0.4) is 0 Å². The molecule has 1 amide bonds. The molecule has 5 heteroatoms. The van der Waals surface area contributed by atoms with Crippen LogP contribution in [-0.4, -0.2) is 18.0 Å². The van der Waals surface area contributed by atoms with Gasteiger partial charge in [0.05, 0.1) is 13.4 Å². The predicted molar refractivity (Wildman–Crippen MR) is 57.5 cm³/mol. The van der Waals surface area contributed by atoms with E-state index in [0.717, 1.165) is 0 Å². The number of rotatable bonds is 3. The fraction of sp³-hybridized carbons (Fsp3) is 0.0909. The molecule has 0 aliphatic heterocycles. The van der Waals surface area contributed by atoms with Crippen molar-refractivity contribution in [1.82, 2.24) is 4.98 Å². The summed E-state index contributed by atoms with van der Waals surface area (Å²) < 4.78 is 9.97. The van der Waals surface area contributed by atoms with Crippen LogP contribution >= 0.6 is 0 Å². The number of carbonyl (C=O) groups is 1. The van der Waals surface area contributed by atoms with Gasteiger partial charge >= 0.3 is 0 Å². The van der Waals surface area contributed by atoms with E-state index in [1.54, 1.807) is 30.5 Å². The van der Waals surface area contributed by atoms with Crippen molar-refractivity contribution in [3.05, 3.63) is 42.5 Å². The normalized spacial score (nSPS) is 9.81. The molecule has 0 fully saturated rings. The molecule has 0 atom stereocenters. The van der Waals surface area contributed by atoms with Crippen LogP contribution in [0.25, 0.3) is 0 Å². The molecule has 2 aromatic heterocycles. The van der Waals surface area contributed by atoms with Gasteiger partial charge < -0.3 is 14.5 Å². The zero-order chi connectivity index (χ0) is 11.4. The number of hydrogen-bond acceptors (Lipinski definition) is 4. The van der Waals surface area contributed by atoms with E-state index in [-0.39, 0.29) is 11.7 Å². The first-order valence-corrected chi connectivity index (χ1v) is 4.65. The largest absolute Gasteiger partial charge is 0.480 e. The molecule has 0 unspecified atom stereocenters. The third-order valence-corrected chi connectivity index (χ3v) is 1.96. The monoisotopic (exact) mass is 218 g/mol. The highest BCUT2D eigenvalue weighted by molar-refractivity contribution is 6.02. The van der Waals surface area contributed by atoms with Crippen LogP contribution in [0.5, 0.6) is 5.88 Å². The molecule has 2 rings (SSSR count). The molecule has 16 heavy (non-hydrogen) atoms. The van der Waals surface area contributed by atoms with Crippen molar-refractivity contribution < 1.29 is 13.9 Å². The first-order chi connectivity index (χ1) is 7.81. The van der Waals surface area contributed by atoms with Crippen molar-refractivity contribution in [2.75, 3.05) is 12.4 Å². The Morgan fingerprint density at radius 1 is 1.44 bits per heavy atom. The summed E-state index contributed by atoms with van der Waals surface area (Å²) in [5, 5.41) is 2.64. The minimum absolute atomic E-state index is 0.242. The molecule has 0 radical (unpaired) electrons. The maximum atomic E-state index is 11.7. The lowest BCUT2D eigenvalue weighted by Gasteiger charge is -2.06. The first-order valence-electron chi connectivity index (χ1n) is 4.65. The van der Waals surface area contributed by atoms with Gasteiger partial charge in [-0.15, -0.1) is 0 Å². The third-order valence-electron chi connectivity index (χ3n) is 1.96. The number of nitrogens with one attached hydrogen (secondary N) is 1. The Hall–Kier alpha value is -2.30. The topological polar surface area (TPSA) is 64.4 Å². The van der Waals surface area contributed by atoms with E-state index in [4.69, 9.17) is 9.15 Å². The van der Waals surface area contributed by atoms with Gasteiger partial charge in [-0.1, -0.05) is 0 Å². The lowest BCUT2D eigenvalue weighted by atomic mass is 10.3. The lowest BCUT2D eigenvalue weighted by Crippen LogP contribution is -2.12. The van der Waals surface area contributed by atoms with Gasteiger partial charge in [-0.25, -0.2) is 4.98 Å². The van der Waals surface area contributed by atoms with Gasteiger partial charge in [0.2, 0.25) is 5.88 Å². The van der Waals surface area contributed by atoms with E-state index >= 15 is 0 Å². The Bertz CT molecular complexity index is 480. The molecular formula is C11H10N2O3. The number of anilines is 1. The van der Waals surface area contributed by atoms with Crippen LogP contribution in [0.4, 0.5) is 5.69 Å². The summed E-state index contributed by atoms with van der Waals surface area (Å²) in [6, 6.07) is 6.64. The zero-order valence-electron chi connectivity index (χ0n) is 8.64. The fourth-order valence-corrected chi connectivity index (χ4v) is 1.24. The Kier molecular flexibility index (Phi) is 2.86. The number of furan rings is 1. The first kappa shape index (κ1) is 10.2. The summed E-state index contributed by atoms with van der Waals surface area (Å²) in [6.07, 6.45) is 3.02. The number of carbonyl (C=O) groups excluding carboxylic acids is 1. The minimum Gasteiger partial charge on any atom is -0.480 e. The predicted octanol–water partition coefficient (Wildman–Crippen LogP) is 1.94. The van der Waals surface area contributed by atoms with Crippen LogP contribution in [0.15, 0.2) is 41.1 Å². The van der Waals surface area contributed by atoms with Gasteiger partial charge in [0.1, 0.15) is 5.69 Å². The molecule has 0 saturated heterocycles. The van der Waals surface area contributed by atoms with Gasteiger partial charge in [-0.2, -0.15) is 0 Å². The number of pyridine rings is 1. The van der Waals surface area contributed by atoms with Crippen LogP contribution < -0.4 is 10.1 Å². The van der Waals surface area contributed by atoms with E-state index in [0.29, 0.717) is 11.6 Å². The second-order valence-corrected chi connectivity index (χ2v) is 2.99. The van der Waals surface area contributed by atoms with Crippen LogP contribution in [0.2, 0.25) is 0 Å². The molecule has 2 aromatic rings. The highest BCUT2D eigenvalue weighted by Crippen LogP contribution is 2.20. The zero-order valence-corrected chi connectivity index (χ0v) is 8.64. The van der Waals surface area contributed by atoms with E-state index in [1.807, 2.05) is 0 Å². The Labute approximate surface area is 92.1 Å². The van der Waals surface area contributed by atoms with E-state index in [1.165, 1.54) is 13.4 Å². The average Bonchev–Trinajstić information content (AvgIpc) is 2.83. The Morgan fingerprint density at radius 2 is 2.31 bits per heavy atom. The number of amides is 1. The van der Waals surface area contributed by atoms with Crippen LogP contribution in [0, 0.1) is 0 Å². The van der Waals surface area contributed by atoms with Crippen molar-refractivity contribution in [1.29, 1.82) is 0 Å². The fourth-order valence-electron chi connectivity index (χ4n) is 1.24. The molecule has 82 valence electrons. The van der Waals surface area contributed by atoms with Gasteiger partial charge in [-0.05, 0) is 24.3 Å². The SMILES string of the molecule is COc1ncccc1NC(=O)c1ccco1. The average molecular weight is 218 g/mol. The quantitative estimate of drug-likeness (QED) is 0.854. The van der Waals surface area contributed by atoms with Crippen LogP contribution in [-0.2, 0) is 0 Å². The Balaban J connectivity index is 2.18. The van der Waals surface area contributed by atoms with E-state index in [2.05, 4.69) is 10.3 Å². The molecule has 0 saturated carbocycles. The second-order valence-electron chi connectivity index (χ2n) is 2.99. The third kappa shape index (κ3) is 2.03. The minimum atomic E-state index is -0.337. The number of hydrogen-bond donors (Lipinski definition) is 1. The number of nitrogens with zero attached hydrogens (tertiary/aromatic N) is 1. The second kappa shape index (κ2) is 4.48. The smallest absolute Gasteiger partial charge is 0.291 e. The highest BCUT2D eigenvalue weighted by Gasteiger charge is 2.11.